The number of hydrogen-bond donors (Lipinski definition) is 1. The number of ether oxygens (including phenoxy) is 1. The highest BCUT2D eigenvalue weighted by Crippen LogP contribution is 2.31. The third-order valence-corrected chi connectivity index (χ3v) is 6.53. The Balaban J connectivity index is 1.96. The Labute approximate surface area is 158 Å². The number of sulfonamides is 1. The molecule has 0 aliphatic carbocycles. The first-order chi connectivity index (χ1) is 11.8. The van der Waals surface area contributed by atoms with Gasteiger partial charge < -0.3 is 4.74 Å². The van der Waals surface area contributed by atoms with Crippen LogP contribution < -0.4 is 4.72 Å². The second-order valence-electron chi connectivity index (χ2n) is 5.04. The van der Waals surface area contributed by atoms with Gasteiger partial charge >= 0.3 is 5.97 Å². The molecule has 25 heavy (non-hydrogen) atoms. The summed E-state index contributed by atoms with van der Waals surface area (Å²) in [5, 5.41) is 1.06. The molecule has 3 rings (SSSR count). The number of rotatable bonds is 4. The predicted octanol–water partition coefficient (Wildman–Crippen LogP) is 4.80. The van der Waals surface area contributed by atoms with Crippen molar-refractivity contribution in [2.45, 2.75) is 4.90 Å². The van der Waals surface area contributed by atoms with Gasteiger partial charge in [-0.1, -0.05) is 23.2 Å². The highest BCUT2D eigenvalue weighted by Gasteiger charge is 2.19. The van der Waals surface area contributed by atoms with Crippen molar-refractivity contribution in [2.24, 2.45) is 0 Å². The van der Waals surface area contributed by atoms with E-state index < -0.39 is 16.0 Å². The normalized spacial score (nSPS) is 11.5. The summed E-state index contributed by atoms with van der Waals surface area (Å²) >= 11 is 13.1. The van der Waals surface area contributed by atoms with Crippen molar-refractivity contribution in [3.63, 3.8) is 0 Å². The van der Waals surface area contributed by atoms with Crippen LogP contribution >= 0.6 is 34.5 Å². The van der Waals surface area contributed by atoms with Gasteiger partial charge in [0.1, 0.15) is 9.77 Å². The van der Waals surface area contributed by atoms with Crippen LogP contribution in [-0.4, -0.2) is 21.5 Å². The van der Waals surface area contributed by atoms with Crippen LogP contribution in [0, 0.1) is 0 Å². The number of benzene rings is 2. The van der Waals surface area contributed by atoms with Crippen LogP contribution in [0.25, 0.3) is 10.1 Å². The molecule has 0 fully saturated rings. The molecule has 1 N–H and O–H groups in total. The first-order valence-electron chi connectivity index (χ1n) is 6.90. The van der Waals surface area contributed by atoms with Crippen molar-refractivity contribution in [1.29, 1.82) is 0 Å². The number of anilines is 1. The highest BCUT2D eigenvalue weighted by molar-refractivity contribution is 7.92. The zero-order chi connectivity index (χ0) is 18.2. The fourth-order valence-corrected chi connectivity index (χ4v) is 4.98. The number of esters is 1. The van der Waals surface area contributed by atoms with E-state index in [4.69, 9.17) is 27.9 Å². The molecule has 1 aromatic heterocycles. The molecule has 0 atom stereocenters. The lowest BCUT2D eigenvalue weighted by Crippen LogP contribution is -2.13. The molecule has 3 aromatic rings. The van der Waals surface area contributed by atoms with Gasteiger partial charge in [-0.05, 0) is 47.9 Å². The molecular formula is C16H11Cl2NO4S2. The molecule has 0 saturated carbocycles. The Morgan fingerprint density at radius 1 is 1.12 bits per heavy atom. The van der Waals surface area contributed by atoms with Crippen molar-refractivity contribution >= 4 is 66.3 Å². The van der Waals surface area contributed by atoms with Crippen LogP contribution in [0.2, 0.25) is 10.0 Å². The second kappa shape index (κ2) is 6.84. The van der Waals surface area contributed by atoms with E-state index in [-0.39, 0.29) is 14.9 Å². The smallest absolute Gasteiger partial charge is 0.348 e. The zero-order valence-corrected chi connectivity index (χ0v) is 15.9. The van der Waals surface area contributed by atoms with Crippen molar-refractivity contribution < 1.29 is 17.9 Å². The van der Waals surface area contributed by atoms with E-state index in [1.165, 1.54) is 36.6 Å². The number of carbonyl (C=O) groups excluding carboxylic acids is 1. The Kier molecular flexibility index (Phi) is 4.92. The minimum absolute atomic E-state index is 0.0708. The minimum Gasteiger partial charge on any atom is -0.465 e. The summed E-state index contributed by atoms with van der Waals surface area (Å²) in [4.78, 5) is 11.9. The lowest BCUT2D eigenvalue weighted by atomic mass is 10.2. The van der Waals surface area contributed by atoms with Crippen molar-refractivity contribution in [1.82, 2.24) is 0 Å². The zero-order valence-electron chi connectivity index (χ0n) is 12.7. The number of carbonyl (C=O) groups is 1. The quantitative estimate of drug-likeness (QED) is 0.621. The van der Waals surface area contributed by atoms with E-state index in [0.717, 1.165) is 10.1 Å². The Bertz CT molecular complexity index is 1080. The summed E-state index contributed by atoms with van der Waals surface area (Å²) in [6.45, 7) is 0. The van der Waals surface area contributed by atoms with E-state index in [1.807, 2.05) is 0 Å². The van der Waals surface area contributed by atoms with Gasteiger partial charge in [0.15, 0.2) is 0 Å². The maximum atomic E-state index is 12.5. The van der Waals surface area contributed by atoms with Crippen molar-refractivity contribution in [2.75, 3.05) is 11.8 Å². The molecule has 0 spiro atoms. The largest absolute Gasteiger partial charge is 0.465 e. The van der Waals surface area contributed by atoms with Gasteiger partial charge in [0.25, 0.3) is 10.0 Å². The number of hydrogen-bond acceptors (Lipinski definition) is 5. The summed E-state index contributed by atoms with van der Waals surface area (Å²) in [5.74, 6) is -0.436. The molecule has 1 heterocycles. The summed E-state index contributed by atoms with van der Waals surface area (Å²) < 4.78 is 33.1. The van der Waals surface area contributed by atoms with Gasteiger partial charge in [0, 0.05) is 15.4 Å². The Morgan fingerprint density at radius 2 is 1.88 bits per heavy atom. The molecule has 5 nitrogen and oxygen atoms in total. The van der Waals surface area contributed by atoms with Gasteiger partial charge in [-0.25, -0.2) is 13.2 Å². The van der Waals surface area contributed by atoms with Gasteiger partial charge in [0.2, 0.25) is 0 Å². The van der Waals surface area contributed by atoms with Crippen LogP contribution in [-0.2, 0) is 14.8 Å². The van der Waals surface area contributed by atoms with Crippen LogP contribution in [0.5, 0.6) is 0 Å². The summed E-state index contributed by atoms with van der Waals surface area (Å²) in [6, 6.07) is 10.8. The van der Waals surface area contributed by atoms with E-state index in [9.17, 15) is 13.2 Å². The van der Waals surface area contributed by atoms with E-state index in [0.29, 0.717) is 10.6 Å². The van der Waals surface area contributed by atoms with Crippen molar-refractivity contribution in [3.05, 3.63) is 57.4 Å². The molecule has 0 saturated heterocycles. The van der Waals surface area contributed by atoms with Crippen LogP contribution in [0.4, 0.5) is 5.69 Å². The first-order valence-corrected chi connectivity index (χ1v) is 9.95. The molecular weight excluding hydrogens is 405 g/mol. The van der Waals surface area contributed by atoms with Crippen LogP contribution in [0.1, 0.15) is 9.67 Å². The highest BCUT2D eigenvalue weighted by atomic mass is 35.5. The monoisotopic (exact) mass is 415 g/mol. The molecule has 2 aromatic carbocycles. The number of fused-ring (bicyclic) bond motifs is 1. The molecule has 0 aliphatic heterocycles. The maximum absolute atomic E-state index is 12.5. The number of halogens is 2. The lowest BCUT2D eigenvalue weighted by Gasteiger charge is -2.10. The molecule has 0 radical (unpaired) electrons. The minimum atomic E-state index is -3.90. The number of nitrogens with one attached hydrogen (secondary N) is 1. The Hall–Kier alpha value is -1.80. The van der Waals surface area contributed by atoms with Gasteiger partial charge in [-0.3, -0.25) is 4.72 Å². The summed E-state index contributed by atoms with van der Waals surface area (Å²) in [7, 11) is -2.60. The van der Waals surface area contributed by atoms with Gasteiger partial charge in [-0.15, -0.1) is 11.3 Å². The molecule has 0 amide bonds. The number of thiophene rings is 1. The molecule has 0 unspecified atom stereocenters. The van der Waals surface area contributed by atoms with Gasteiger partial charge in [0.05, 0.1) is 12.1 Å². The average molecular weight is 416 g/mol. The average Bonchev–Trinajstić information content (AvgIpc) is 2.99. The van der Waals surface area contributed by atoms with Gasteiger partial charge in [-0.2, -0.15) is 0 Å². The van der Waals surface area contributed by atoms with Crippen LogP contribution in [0.15, 0.2) is 47.4 Å². The molecule has 9 heteroatoms. The number of methoxy groups -OCH3 is 1. The first kappa shape index (κ1) is 18.0. The topological polar surface area (TPSA) is 72.5 Å². The Morgan fingerprint density at radius 3 is 2.60 bits per heavy atom. The lowest BCUT2D eigenvalue weighted by molar-refractivity contribution is 0.0606. The third-order valence-electron chi connectivity index (χ3n) is 3.34. The fraction of sp³-hybridized carbons (Fsp3) is 0.0625. The third kappa shape index (κ3) is 3.74. The SMILES string of the molecule is COC(=O)c1cc2cc(NS(=O)(=O)c3cc(Cl)ccc3Cl)ccc2s1. The van der Waals surface area contributed by atoms with E-state index in [1.54, 1.807) is 24.3 Å². The van der Waals surface area contributed by atoms with Crippen molar-refractivity contribution in [3.8, 4) is 0 Å². The maximum Gasteiger partial charge on any atom is 0.348 e. The predicted molar refractivity (Wildman–Crippen MR) is 100 cm³/mol. The fourth-order valence-electron chi connectivity index (χ4n) is 2.20. The summed E-state index contributed by atoms with van der Waals surface area (Å²) in [6.07, 6.45) is 0. The molecule has 130 valence electrons. The molecule has 0 aliphatic rings. The second-order valence-corrected chi connectivity index (χ2v) is 8.61. The van der Waals surface area contributed by atoms with E-state index >= 15 is 0 Å². The van der Waals surface area contributed by atoms with Crippen LogP contribution in [0.3, 0.4) is 0 Å². The summed E-state index contributed by atoms with van der Waals surface area (Å²) in [5.41, 5.74) is 0.345. The molecule has 0 bridgehead atoms. The van der Waals surface area contributed by atoms with E-state index in [2.05, 4.69) is 4.72 Å². The standard InChI is InChI=1S/C16H11Cl2NO4S2/c1-23-16(20)14-7-9-6-11(3-5-13(9)24-14)19-25(21,22)15-8-10(17)2-4-12(15)18/h2-8,19H,1H3.